The van der Waals surface area contributed by atoms with Crippen LogP contribution >= 0.6 is 11.6 Å². The highest BCUT2D eigenvalue weighted by Crippen LogP contribution is 2.20. The molecule has 1 rings (SSSR count). The molecule has 0 radical (unpaired) electrons. The summed E-state index contributed by atoms with van der Waals surface area (Å²) in [7, 11) is -3.58. The van der Waals surface area contributed by atoms with Crippen molar-refractivity contribution < 1.29 is 8.42 Å². The van der Waals surface area contributed by atoms with E-state index in [4.69, 9.17) is 17.3 Å². The summed E-state index contributed by atoms with van der Waals surface area (Å²) in [6, 6.07) is 1.19. The SMILES string of the molecule is CCCCC(C)NS(=O)(=O)c1cnc(N)c(Cl)c1. The molecule has 18 heavy (non-hydrogen) atoms. The molecular weight excluding hydrogens is 274 g/mol. The first kappa shape index (κ1) is 15.2. The molecular formula is C11H18ClN3O2S. The number of anilines is 1. The van der Waals surface area contributed by atoms with Crippen LogP contribution in [0.3, 0.4) is 0 Å². The number of rotatable bonds is 6. The van der Waals surface area contributed by atoms with E-state index in [0.29, 0.717) is 0 Å². The minimum Gasteiger partial charge on any atom is -0.382 e. The Labute approximate surface area is 113 Å². The molecule has 3 N–H and O–H groups in total. The maximum atomic E-state index is 12.0. The summed E-state index contributed by atoms with van der Waals surface area (Å²) in [5.74, 6) is 0.120. The molecule has 0 aliphatic rings. The van der Waals surface area contributed by atoms with Crippen LogP contribution in [-0.2, 0) is 10.0 Å². The molecule has 1 aromatic heterocycles. The van der Waals surface area contributed by atoms with Gasteiger partial charge in [0.1, 0.15) is 10.7 Å². The number of nitrogens with two attached hydrogens (primary N) is 1. The summed E-state index contributed by atoms with van der Waals surface area (Å²) in [4.78, 5) is 3.77. The Hall–Kier alpha value is -0.850. The molecule has 7 heteroatoms. The van der Waals surface area contributed by atoms with E-state index in [1.807, 2.05) is 6.92 Å². The molecule has 0 amide bonds. The second kappa shape index (κ2) is 6.36. The summed E-state index contributed by atoms with van der Waals surface area (Å²) in [5, 5.41) is 0.138. The first-order chi connectivity index (χ1) is 8.36. The quantitative estimate of drug-likeness (QED) is 0.841. The number of pyridine rings is 1. The molecule has 0 fully saturated rings. The van der Waals surface area contributed by atoms with Crippen molar-refractivity contribution in [3.05, 3.63) is 17.3 Å². The van der Waals surface area contributed by atoms with Gasteiger partial charge in [-0.1, -0.05) is 31.4 Å². The summed E-state index contributed by atoms with van der Waals surface area (Å²) in [5.41, 5.74) is 5.44. The van der Waals surface area contributed by atoms with Gasteiger partial charge in [-0.15, -0.1) is 0 Å². The Bertz CT molecular complexity index is 505. The molecule has 102 valence electrons. The average Bonchev–Trinajstić information content (AvgIpc) is 2.29. The van der Waals surface area contributed by atoms with Gasteiger partial charge in [-0.3, -0.25) is 0 Å². The van der Waals surface area contributed by atoms with E-state index < -0.39 is 10.0 Å². The zero-order valence-electron chi connectivity index (χ0n) is 10.5. The first-order valence-corrected chi connectivity index (χ1v) is 7.66. The maximum absolute atomic E-state index is 12.0. The number of halogens is 1. The Morgan fingerprint density at radius 1 is 1.56 bits per heavy atom. The maximum Gasteiger partial charge on any atom is 0.242 e. The van der Waals surface area contributed by atoms with Crippen molar-refractivity contribution >= 4 is 27.4 Å². The van der Waals surface area contributed by atoms with Crippen LogP contribution in [0.2, 0.25) is 5.02 Å². The topological polar surface area (TPSA) is 85.1 Å². The third kappa shape index (κ3) is 4.12. The average molecular weight is 292 g/mol. The monoisotopic (exact) mass is 291 g/mol. The van der Waals surface area contributed by atoms with E-state index in [2.05, 4.69) is 16.6 Å². The Morgan fingerprint density at radius 2 is 2.22 bits per heavy atom. The van der Waals surface area contributed by atoms with E-state index in [9.17, 15) is 8.42 Å². The van der Waals surface area contributed by atoms with E-state index in [1.165, 1.54) is 12.3 Å². The summed E-state index contributed by atoms with van der Waals surface area (Å²) in [6.45, 7) is 3.89. The molecule has 1 unspecified atom stereocenters. The number of nitrogens with one attached hydrogen (secondary N) is 1. The van der Waals surface area contributed by atoms with Gasteiger partial charge in [-0.25, -0.2) is 18.1 Å². The molecule has 0 aliphatic carbocycles. The molecule has 1 heterocycles. The number of nitrogens with zero attached hydrogens (tertiary/aromatic N) is 1. The minimum atomic E-state index is -3.58. The molecule has 5 nitrogen and oxygen atoms in total. The lowest BCUT2D eigenvalue weighted by Crippen LogP contribution is -2.32. The van der Waals surface area contributed by atoms with Crippen LogP contribution in [0.4, 0.5) is 5.82 Å². The van der Waals surface area contributed by atoms with Gasteiger partial charge in [-0.05, 0) is 19.4 Å². The molecule has 0 saturated heterocycles. The lowest BCUT2D eigenvalue weighted by molar-refractivity contribution is 0.534. The largest absolute Gasteiger partial charge is 0.382 e. The van der Waals surface area contributed by atoms with Gasteiger partial charge in [-0.2, -0.15) is 0 Å². The second-order valence-corrected chi connectivity index (χ2v) is 6.32. The third-order valence-electron chi connectivity index (χ3n) is 2.50. The molecule has 1 atom stereocenters. The zero-order chi connectivity index (χ0) is 13.8. The van der Waals surface area contributed by atoms with Gasteiger partial charge in [0, 0.05) is 12.2 Å². The highest BCUT2D eigenvalue weighted by molar-refractivity contribution is 7.89. The fraction of sp³-hybridized carbons (Fsp3) is 0.545. The third-order valence-corrected chi connectivity index (χ3v) is 4.36. The fourth-order valence-electron chi connectivity index (χ4n) is 1.48. The molecule has 0 saturated carbocycles. The van der Waals surface area contributed by atoms with Gasteiger partial charge < -0.3 is 5.73 Å². The Kier molecular flexibility index (Phi) is 5.37. The number of aromatic nitrogens is 1. The Morgan fingerprint density at radius 3 is 2.78 bits per heavy atom. The van der Waals surface area contributed by atoms with Crippen LogP contribution in [0.5, 0.6) is 0 Å². The Balaban J connectivity index is 2.83. The lowest BCUT2D eigenvalue weighted by Gasteiger charge is -2.13. The van der Waals surface area contributed by atoms with Crippen molar-refractivity contribution in [2.24, 2.45) is 0 Å². The van der Waals surface area contributed by atoms with Crippen molar-refractivity contribution in [1.29, 1.82) is 0 Å². The smallest absolute Gasteiger partial charge is 0.242 e. The first-order valence-electron chi connectivity index (χ1n) is 5.80. The van der Waals surface area contributed by atoms with Crippen molar-refractivity contribution in [3.8, 4) is 0 Å². The van der Waals surface area contributed by atoms with E-state index in [0.717, 1.165) is 19.3 Å². The number of hydrogen-bond donors (Lipinski definition) is 2. The van der Waals surface area contributed by atoms with Gasteiger partial charge in [0.25, 0.3) is 0 Å². The highest BCUT2D eigenvalue weighted by Gasteiger charge is 2.18. The van der Waals surface area contributed by atoms with Gasteiger partial charge in [0.15, 0.2) is 0 Å². The standard InChI is InChI=1S/C11H18ClN3O2S/c1-3-4-5-8(2)15-18(16,17)9-6-10(12)11(13)14-7-9/h6-8,15H,3-5H2,1-2H3,(H2,13,14). The number of unbranched alkanes of at least 4 members (excludes halogenated alkanes) is 1. The molecule has 0 spiro atoms. The normalized spacial score (nSPS) is 13.5. The fourth-order valence-corrected chi connectivity index (χ4v) is 2.96. The molecule has 1 aromatic rings. The van der Waals surface area contributed by atoms with Gasteiger partial charge in [0.2, 0.25) is 10.0 Å². The predicted molar refractivity (Wildman–Crippen MR) is 73.0 cm³/mol. The van der Waals surface area contributed by atoms with Crippen molar-refractivity contribution in [3.63, 3.8) is 0 Å². The zero-order valence-corrected chi connectivity index (χ0v) is 12.1. The number of sulfonamides is 1. The summed E-state index contributed by atoms with van der Waals surface area (Å²) < 4.78 is 26.6. The summed E-state index contributed by atoms with van der Waals surface area (Å²) in [6.07, 6.45) is 4.01. The van der Waals surface area contributed by atoms with Crippen LogP contribution in [0.1, 0.15) is 33.1 Å². The van der Waals surface area contributed by atoms with Crippen LogP contribution in [0, 0.1) is 0 Å². The van der Waals surface area contributed by atoms with Gasteiger partial charge in [0.05, 0.1) is 5.02 Å². The molecule has 0 bridgehead atoms. The van der Waals surface area contributed by atoms with E-state index >= 15 is 0 Å². The summed E-state index contributed by atoms with van der Waals surface area (Å²) >= 11 is 5.76. The minimum absolute atomic E-state index is 0.0325. The van der Waals surface area contributed by atoms with E-state index in [1.54, 1.807) is 0 Å². The van der Waals surface area contributed by atoms with Crippen LogP contribution in [0.15, 0.2) is 17.2 Å². The molecule has 0 aromatic carbocycles. The highest BCUT2D eigenvalue weighted by atomic mass is 35.5. The van der Waals surface area contributed by atoms with E-state index in [-0.39, 0.29) is 21.8 Å². The second-order valence-electron chi connectivity index (χ2n) is 4.20. The van der Waals surface area contributed by atoms with Crippen molar-refractivity contribution in [2.45, 2.75) is 44.0 Å². The predicted octanol–water partition coefficient (Wildman–Crippen LogP) is 2.17. The molecule has 0 aliphatic heterocycles. The number of nitrogen functional groups attached to an aromatic ring is 1. The number of hydrogen-bond acceptors (Lipinski definition) is 4. The van der Waals surface area contributed by atoms with Crippen molar-refractivity contribution in [2.75, 3.05) is 5.73 Å². The van der Waals surface area contributed by atoms with Crippen LogP contribution in [0.25, 0.3) is 0 Å². The van der Waals surface area contributed by atoms with Gasteiger partial charge >= 0.3 is 0 Å². The van der Waals surface area contributed by atoms with Crippen LogP contribution in [-0.4, -0.2) is 19.4 Å². The van der Waals surface area contributed by atoms with Crippen LogP contribution < -0.4 is 10.5 Å². The van der Waals surface area contributed by atoms with Crippen molar-refractivity contribution in [1.82, 2.24) is 9.71 Å². The lowest BCUT2D eigenvalue weighted by atomic mass is 10.2.